The lowest BCUT2D eigenvalue weighted by Crippen LogP contribution is -2.29. The number of Topliss-reactive ketones (excluding diaryl/α,β-unsaturated/α-hetero) is 1. The normalized spacial score (nSPS) is 19.5. The van der Waals surface area contributed by atoms with Crippen molar-refractivity contribution < 1.29 is 29.0 Å². The molecule has 2 aromatic carbocycles. The van der Waals surface area contributed by atoms with Crippen LogP contribution in [0.3, 0.4) is 0 Å². The molecule has 0 spiro atoms. The summed E-state index contributed by atoms with van der Waals surface area (Å²) in [5.74, 6) is 0.798. The first kappa shape index (κ1) is 20.9. The molecule has 1 aliphatic heterocycles. The molecule has 8 nitrogen and oxygen atoms in total. The Morgan fingerprint density at radius 1 is 1.00 bits per heavy atom. The Morgan fingerprint density at radius 3 is 2.48 bits per heavy atom. The number of methoxy groups -OCH3 is 2. The maximum atomic E-state index is 13.6. The molecule has 1 aliphatic carbocycles. The van der Waals surface area contributed by atoms with Crippen LogP contribution in [0.2, 0.25) is 0 Å². The molecule has 0 radical (unpaired) electrons. The van der Waals surface area contributed by atoms with E-state index < -0.39 is 5.92 Å². The minimum atomic E-state index is -0.415. The molecule has 0 fully saturated rings. The molecular formula is C25H24N2O6. The number of phenols is 2. The van der Waals surface area contributed by atoms with Gasteiger partial charge in [0.2, 0.25) is 5.88 Å². The molecule has 2 heterocycles. The van der Waals surface area contributed by atoms with E-state index in [0.717, 1.165) is 22.4 Å². The SMILES string of the molecule is COc1ccc([C@H]2C3=C(C[C@H](c4ccc(O)c(OC)c4)CC3=O)Nc3onc(C)c32)cc1O. The molecule has 0 saturated carbocycles. The fourth-order valence-electron chi connectivity index (χ4n) is 4.88. The third-order valence-electron chi connectivity index (χ3n) is 6.47. The number of rotatable bonds is 4. The van der Waals surface area contributed by atoms with E-state index in [1.54, 1.807) is 24.3 Å². The van der Waals surface area contributed by atoms with E-state index in [0.29, 0.717) is 41.5 Å². The number of anilines is 1. The fraction of sp³-hybridized carbons (Fsp3) is 0.280. The zero-order chi connectivity index (χ0) is 23.3. The Bertz CT molecular complexity index is 1290. The topological polar surface area (TPSA) is 114 Å². The van der Waals surface area contributed by atoms with Crippen LogP contribution in [0.1, 0.15) is 47.1 Å². The largest absolute Gasteiger partial charge is 0.504 e. The van der Waals surface area contributed by atoms with Crippen molar-refractivity contribution in [3.63, 3.8) is 0 Å². The van der Waals surface area contributed by atoms with E-state index in [4.69, 9.17) is 14.0 Å². The second-order valence-corrected chi connectivity index (χ2v) is 8.35. The molecule has 0 amide bonds. The minimum Gasteiger partial charge on any atom is -0.504 e. The smallest absolute Gasteiger partial charge is 0.233 e. The van der Waals surface area contributed by atoms with Crippen molar-refractivity contribution in [3.05, 3.63) is 70.1 Å². The van der Waals surface area contributed by atoms with E-state index in [1.165, 1.54) is 14.2 Å². The molecule has 2 atom stereocenters. The number of benzene rings is 2. The number of allylic oxidation sites excluding steroid dienone is 2. The van der Waals surface area contributed by atoms with Gasteiger partial charge in [0.05, 0.1) is 25.5 Å². The highest BCUT2D eigenvalue weighted by molar-refractivity contribution is 6.01. The summed E-state index contributed by atoms with van der Waals surface area (Å²) in [5.41, 5.74) is 4.56. The second kappa shape index (κ2) is 7.88. The predicted molar refractivity (Wildman–Crippen MR) is 120 cm³/mol. The summed E-state index contributed by atoms with van der Waals surface area (Å²) >= 11 is 0. The van der Waals surface area contributed by atoms with Gasteiger partial charge in [-0.1, -0.05) is 17.3 Å². The number of carbonyl (C=O) groups is 1. The van der Waals surface area contributed by atoms with Gasteiger partial charge in [-0.3, -0.25) is 4.79 Å². The molecule has 8 heteroatoms. The molecule has 3 aromatic rings. The average molecular weight is 448 g/mol. The van der Waals surface area contributed by atoms with Gasteiger partial charge < -0.3 is 29.5 Å². The van der Waals surface area contributed by atoms with Crippen molar-refractivity contribution in [2.24, 2.45) is 0 Å². The van der Waals surface area contributed by atoms with Gasteiger partial charge in [-0.25, -0.2) is 0 Å². The highest BCUT2D eigenvalue weighted by atomic mass is 16.5. The summed E-state index contributed by atoms with van der Waals surface area (Å²) in [7, 11) is 2.99. The molecular weight excluding hydrogens is 424 g/mol. The van der Waals surface area contributed by atoms with Crippen LogP contribution in [0.4, 0.5) is 5.88 Å². The van der Waals surface area contributed by atoms with Crippen molar-refractivity contribution in [2.45, 2.75) is 31.6 Å². The number of phenolic OH excluding ortho intramolecular Hbond substituents is 2. The highest BCUT2D eigenvalue weighted by Crippen LogP contribution is 2.50. The number of nitrogens with one attached hydrogen (secondary N) is 1. The number of hydrogen-bond acceptors (Lipinski definition) is 8. The van der Waals surface area contributed by atoms with Crippen LogP contribution in [0, 0.1) is 6.92 Å². The fourth-order valence-corrected chi connectivity index (χ4v) is 4.88. The lowest BCUT2D eigenvalue weighted by atomic mass is 9.72. The lowest BCUT2D eigenvalue weighted by Gasteiger charge is -2.34. The number of nitrogens with zero attached hydrogens (tertiary/aromatic N) is 1. The maximum Gasteiger partial charge on any atom is 0.233 e. The number of ketones is 1. The van der Waals surface area contributed by atoms with Gasteiger partial charge in [-0.2, -0.15) is 0 Å². The van der Waals surface area contributed by atoms with Gasteiger partial charge in [0.25, 0.3) is 0 Å². The number of fused-ring (bicyclic) bond motifs is 1. The van der Waals surface area contributed by atoms with Gasteiger partial charge in [-0.15, -0.1) is 0 Å². The van der Waals surface area contributed by atoms with E-state index in [1.807, 2.05) is 19.1 Å². The summed E-state index contributed by atoms with van der Waals surface area (Å²) in [5, 5.41) is 27.7. The van der Waals surface area contributed by atoms with E-state index in [9.17, 15) is 15.0 Å². The molecule has 33 heavy (non-hydrogen) atoms. The quantitative estimate of drug-likeness (QED) is 0.539. The number of aryl methyl sites for hydroxylation is 1. The van der Waals surface area contributed by atoms with Crippen LogP contribution in [0.15, 0.2) is 52.2 Å². The van der Waals surface area contributed by atoms with E-state index >= 15 is 0 Å². The van der Waals surface area contributed by atoms with Crippen LogP contribution in [-0.2, 0) is 4.79 Å². The van der Waals surface area contributed by atoms with Crippen molar-refractivity contribution >= 4 is 11.7 Å². The Kier molecular flexibility index (Phi) is 5.00. The van der Waals surface area contributed by atoms with Gasteiger partial charge in [-0.05, 0) is 54.7 Å². The number of aromatic nitrogens is 1. The summed E-state index contributed by atoms with van der Waals surface area (Å²) in [6.45, 7) is 1.84. The standard InChI is InChI=1S/C25H24N2O6/c1-12-22-23(14-5-7-20(31-2)18(29)9-14)24-16(26-25(22)33-27-12)8-15(10-19(24)30)13-4-6-17(28)21(11-13)32-3/h4-7,9,11,15,23,26,28-29H,8,10H2,1-3H3/t15-,23+/m0/s1. The summed E-state index contributed by atoms with van der Waals surface area (Å²) < 4.78 is 16.0. The van der Waals surface area contributed by atoms with Gasteiger partial charge in [0.1, 0.15) is 0 Å². The van der Waals surface area contributed by atoms with Crippen LogP contribution >= 0.6 is 0 Å². The first-order valence-electron chi connectivity index (χ1n) is 10.6. The Hall–Kier alpha value is -3.94. The van der Waals surface area contributed by atoms with Crippen molar-refractivity contribution in [1.29, 1.82) is 0 Å². The first-order chi connectivity index (χ1) is 15.9. The second-order valence-electron chi connectivity index (χ2n) is 8.35. The third kappa shape index (κ3) is 3.38. The monoisotopic (exact) mass is 448 g/mol. The highest BCUT2D eigenvalue weighted by Gasteiger charge is 2.41. The molecule has 1 aromatic heterocycles. The summed E-state index contributed by atoms with van der Waals surface area (Å²) in [6, 6.07) is 10.3. The van der Waals surface area contributed by atoms with Crippen LogP contribution in [0.5, 0.6) is 23.0 Å². The zero-order valence-electron chi connectivity index (χ0n) is 18.5. The van der Waals surface area contributed by atoms with Gasteiger partial charge in [0, 0.05) is 23.6 Å². The van der Waals surface area contributed by atoms with E-state index in [2.05, 4.69) is 10.5 Å². The molecule has 0 bridgehead atoms. The van der Waals surface area contributed by atoms with Crippen molar-refractivity contribution in [2.75, 3.05) is 19.5 Å². The third-order valence-corrected chi connectivity index (χ3v) is 6.47. The molecule has 5 rings (SSSR count). The Morgan fingerprint density at radius 2 is 1.76 bits per heavy atom. The number of ether oxygens (including phenoxy) is 2. The number of aromatic hydroxyl groups is 2. The van der Waals surface area contributed by atoms with Crippen LogP contribution < -0.4 is 14.8 Å². The minimum absolute atomic E-state index is 0.00339. The lowest BCUT2D eigenvalue weighted by molar-refractivity contribution is -0.116. The van der Waals surface area contributed by atoms with Crippen molar-refractivity contribution in [1.82, 2.24) is 5.16 Å². The molecule has 0 unspecified atom stereocenters. The molecule has 170 valence electrons. The number of carbonyl (C=O) groups excluding carboxylic acids is 1. The molecule has 2 aliphatic rings. The van der Waals surface area contributed by atoms with Crippen LogP contribution in [-0.4, -0.2) is 35.4 Å². The number of hydrogen-bond donors (Lipinski definition) is 3. The van der Waals surface area contributed by atoms with Crippen molar-refractivity contribution in [3.8, 4) is 23.0 Å². The van der Waals surface area contributed by atoms with Gasteiger partial charge in [0.15, 0.2) is 28.8 Å². The Labute approximate surface area is 190 Å². The average Bonchev–Trinajstić information content (AvgIpc) is 3.18. The molecule has 0 saturated heterocycles. The maximum absolute atomic E-state index is 13.6. The summed E-state index contributed by atoms with van der Waals surface area (Å²) in [6.07, 6.45) is 0.888. The first-order valence-corrected chi connectivity index (χ1v) is 10.6. The Balaban J connectivity index is 1.60. The van der Waals surface area contributed by atoms with Gasteiger partial charge >= 0.3 is 0 Å². The predicted octanol–water partition coefficient (Wildman–Crippen LogP) is 4.37. The van der Waals surface area contributed by atoms with Crippen LogP contribution in [0.25, 0.3) is 0 Å². The zero-order valence-corrected chi connectivity index (χ0v) is 18.5. The summed E-state index contributed by atoms with van der Waals surface area (Å²) in [4.78, 5) is 13.6. The molecule has 3 N–H and O–H groups in total. The van der Waals surface area contributed by atoms with E-state index in [-0.39, 0.29) is 23.2 Å².